The molecule has 2 saturated heterocycles. The van der Waals surface area contributed by atoms with Gasteiger partial charge in [-0.25, -0.2) is 4.39 Å². The zero-order valence-corrected chi connectivity index (χ0v) is 16.0. The molecule has 1 spiro atoms. The summed E-state index contributed by atoms with van der Waals surface area (Å²) in [6.07, 6.45) is 5.58. The molecular weight excluding hydrogens is 343 g/mol. The molecule has 0 bridgehead atoms. The van der Waals surface area contributed by atoms with Gasteiger partial charge >= 0.3 is 0 Å². The van der Waals surface area contributed by atoms with E-state index in [-0.39, 0.29) is 5.82 Å². The minimum absolute atomic E-state index is 0.179. The summed E-state index contributed by atoms with van der Waals surface area (Å²) in [5.74, 6) is 1.51. The number of benzene rings is 1. The van der Waals surface area contributed by atoms with Crippen LogP contribution < -0.4 is 10.2 Å². The molecule has 0 radical (unpaired) electrons. The van der Waals surface area contributed by atoms with Crippen molar-refractivity contribution in [2.24, 2.45) is 16.3 Å². The van der Waals surface area contributed by atoms with Gasteiger partial charge in [-0.2, -0.15) is 0 Å². The lowest BCUT2D eigenvalue weighted by atomic mass is 9.46. The average molecular weight is 372 g/mol. The first-order chi connectivity index (χ1) is 13.2. The molecule has 6 heteroatoms. The minimum atomic E-state index is -0.179. The van der Waals surface area contributed by atoms with Crippen LogP contribution in [-0.2, 0) is 4.74 Å². The van der Waals surface area contributed by atoms with Crippen LogP contribution in [0.2, 0.25) is 0 Å². The number of fused-ring (bicyclic) bond motifs is 2. The first-order valence-corrected chi connectivity index (χ1v) is 10.3. The zero-order valence-electron chi connectivity index (χ0n) is 16.0. The Hall–Kier alpha value is -1.82. The molecule has 0 aromatic heterocycles. The second-order valence-electron chi connectivity index (χ2n) is 8.45. The molecule has 1 aromatic carbocycles. The lowest BCUT2D eigenvalue weighted by Gasteiger charge is -2.63. The lowest BCUT2D eigenvalue weighted by Crippen LogP contribution is -2.73. The number of hydrogen-bond acceptors (Lipinski definition) is 3. The van der Waals surface area contributed by atoms with Gasteiger partial charge in [0.2, 0.25) is 0 Å². The second-order valence-corrected chi connectivity index (χ2v) is 8.45. The third-order valence-corrected chi connectivity index (χ3v) is 7.30. The van der Waals surface area contributed by atoms with Gasteiger partial charge < -0.3 is 19.9 Å². The van der Waals surface area contributed by atoms with E-state index in [1.807, 2.05) is 19.2 Å². The minimum Gasteiger partial charge on any atom is -0.377 e. The van der Waals surface area contributed by atoms with Gasteiger partial charge in [0, 0.05) is 62.9 Å². The molecule has 1 aromatic rings. The van der Waals surface area contributed by atoms with Gasteiger partial charge in [0.1, 0.15) is 5.82 Å². The summed E-state index contributed by atoms with van der Waals surface area (Å²) in [7, 11) is 1.89. The molecule has 146 valence electrons. The molecule has 2 saturated carbocycles. The van der Waals surface area contributed by atoms with E-state index in [4.69, 9.17) is 4.74 Å². The molecule has 27 heavy (non-hydrogen) atoms. The Morgan fingerprint density at radius 3 is 2.56 bits per heavy atom. The predicted octanol–water partition coefficient (Wildman–Crippen LogP) is 2.48. The quantitative estimate of drug-likeness (QED) is 0.640. The Morgan fingerprint density at radius 2 is 1.93 bits per heavy atom. The molecular formula is C21H29FN4O. The van der Waals surface area contributed by atoms with E-state index in [2.05, 4.69) is 20.1 Å². The largest absolute Gasteiger partial charge is 0.377 e. The Bertz CT molecular complexity index is 709. The number of ether oxygens (including phenoxy) is 1. The van der Waals surface area contributed by atoms with Crippen LogP contribution in [0.1, 0.15) is 25.7 Å². The SMILES string of the molecule is CN=C(NC1C2CCOC2C12CCC2)N1CCN(c2ccc(F)cc2)CC1. The molecule has 4 aliphatic rings. The van der Waals surface area contributed by atoms with E-state index >= 15 is 0 Å². The standard InChI is InChI=1S/C21H29FN4O/c1-23-20(24-18-17-7-14-27-19(17)21(18)8-2-9-21)26-12-10-25(11-13-26)16-5-3-15(22)4-6-16/h3-6,17-19H,2,7-14H2,1H3,(H,23,24). The van der Waals surface area contributed by atoms with E-state index < -0.39 is 0 Å². The van der Waals surface area contributed by atoms with Crippen LogP contribution in [0.5, 0.6) is 0 Å². The number of halogens is 1. The topological polar surface area (TPSA) is 40.1 Å². The fourth-order valence-electron chi connectivity index (χ4n) is 5.72. The first kappa shape index (κ1) is 17.3. The van der Waals surface area contributed by atoms with Crippen molar-refractivity contribution >= 4 is 11.6 Å². The van der Waals surface area contributed by atoms with Gasteiger partial charge in [0.05, 0.1) is 6.10 Å². The molecule has 2 aliphatic heterocycles. The number of piperazine rings is 1. The third kappa shape index (κ3) is 2.72. The zero-order chi connectivity index (χ0) is 18.4. The number of rotatable bonds is 2. The molecule has 3 atom stereocenters. The second kappa shape index (κ2) is 6.66. The number of hydrogen-bond donors (Lipinski definition) is 1. The molecule has 3 unspecified atom stereocenters. The maximum Gasteiger partial charge on any atom is 0.194 e. The Morgan fingerprint density at radius 1 is 1.19 bits per heavy atom. The summed E-state index contributed by atoms with van der Waals surface area (Å²) in [5, 5.41) is 3.83. The highest BCUT2D eigenvalue weighted by atomic mass is 19.1. The van der Waals surface area contributed by atoms with Crippen molar-refractivity contribution < 1.29 is 9.13 Å². The van der Waals surface area contributed by atoms with Gasteiger partial charge in [-0.05, 0) is 43.5 Å². The summed E-state index contributed by atoms with van der Waals surface area (Å²) in [6, 6.07) is 7.33. The molecule has 4 fully saturated rings. The van der Waals surface area contributed by atoms with Crippen molar-refractivity contribution in [2.75, 3.05) is 44.7 Å². The maximum absolute atomic E-state index is 13.2. The van der Waals surface area contributed by atoms with Crippen molar-refractivity contribution in [1.29, 1.82) is 0 Å². The van der Waals surface area contributed by atoms with E-state index in [9.17, 15) is 4.39 Å². The van der Waals surface area contributed by atoms with Gasteiger partial charge in [-0.3, -0.25) is 4.99 Å². The smallest absolute Gasteiger partial charge is 0.194 e. The normalized spacial score (nSPS) is 32.1. The highest BCUT2D eigenvalue weighted by Gasteiger charge is 2.66. The molecule has 1 N–H and O–H groups in total. The van der Waals surface area contributed by atoms with Crippen molar-refractivity contribution in [3.05, 3.63) is 30.1 Å². The summed E-state index contributed by atoms with van der Waals surface area (Å²) < 4.78 is 19.2. The number of anilines is 1. The predicted molar refractivity (Wildman–Crippen MR) is 105 cm³/mol. The fourth-order valence-corrected chi connectivity index (χ4v) is 5.72. The average Bonchev–Trinajstić information content (AvgIpc) is 3.07. The van der Waals surface area contributed by atoms with Crippen LogP contribution in [0.4, 0.5) is 10.1 Å². The van der Waals surface area contributed by atoms with E-state index in [1.54, 1.807) is 0 Å². The molecule has 2 heterocycles. The monoisotopic (exact) mass is 372 g/mol. The van der Waals surface area contributed by atoms with E-state index in [1.165, 1.54) is 37.8 Å². The summed E-state index contributed by atoms with van der Waals surface area (Å²) in [5.41, 5.74) is 1.46. The first-order valence-electron chi connectivity index (χ1n) is 10.3. The molecule has 5 rings (SSSR count). The lowest BCUT2D eigenvalue weighted by molar-refractivity contribution is -0.171. The molecule has 2 aliphatic carbocycles. The number of nitrogens with zero attached hydrogens (tertiary/aromatic N) is 3. The van der Waals surface area contributed by atoms with Crippen molar-refractivity contribution in [3.8, 4) is 0 Å². The Balaban J connectivity index is 1.22. The number of nitrogens with one attached hydrogen (secondary N) is 1. The maximum atomic E-state index is 13.2. The third-order valence-electron chi connectivity index (χ3n) is 7.30. The van der Waals surface area contributed by atoms with E-state index in [0.717, 1.165) is 44.4 Å². The van der Waals surface area contributed by atoms with Crippen LogP contribution in [0, 0.1) is 17.2 Å². The van der Waals surface area contributed by atoms with Crippen molar-refractivity contribution in [1.82, 2.24) is 10.2 Å². The van der Waals surface area contributed by atoms with Crippen LogP contribution in [0.25, 0.3) is 0 Å². The number of guanidine groups is 1. The van der Waals surface area contributed by atoms with Gasteiger partial charge in [-0.1, -0.05) is 6.42 Å². The summed E-state index contributed by atoms with van der Waals surface area (Å²) in [6.45, 7) is 4.64. The van der Waals surface area contributed by atoms with E-state index in [0.29, 0.717) is 23.5 Å². The van der Waals surface area contributed by atoms with Crippen molar-refractivity contribution in [3.63, 3.8) is 0 Å². The van der Waals surface area contributed by atoms with Crippen LogP contribution in [0.3, 0.4) is 0 Å². The van der Waals surface area contributed by atoms with Gasteiger partial charge in [-0.15, -0.1) is 0 Å². The van der Waals surface area contributed by atoms with Crippen LogP contribution in [0.15, 0.2) is 29.3 Å². The fraction of sp³-hybridized carbons (Fsp3) is 0.667. The summed E-state index contributed by atoms with van der Waals surface area (Å²) in [4.78, 5) is 9.29. The van der Waals surface area contributed by atoms with Gasteiger partial charge in [0.25, 0.3) is 0 Å². The Kier molecular flexibility index (Phi) is 4.26. The molecule has 0 amide bonds. The van der Waals surface area contributed by atoms with Crippen molar-refractivity contribution in [2.45, 2.75) is 37.8 Å². The highest BCUT2D eigenvalue weighted by molar-refractivity contribution is 5.81. The van der Waals surface area contributed by atoms with Crippen LogP contribution >= 0.6 is 0 Å². The number of aliphatic imine (C=N–C) groups is 1. The van der Waals surface area contributed by atoms with Gasteiger partial charge in [0.15, 0.2) is 5.96 Å². The molecule has 5 nitrogen and oxygen atoms in total. The highest BCUT2D eigenvalue weighted by Crippen LogP contribution is 2.62. The van der Waals surface area contributed by atoms with Crippen LogP contribution in [-0.4, -0.2) is 62.8 Å². The Labute approximate surface area is 160 Å². The summed E-state index contributed by atoms with van der Waals surface area (Å²) >= 11 is 0.